The molecule has 150 valence electrons. The zero-order valence-electron chi connectivity index (χ0n) is 16.3. The number of aliphatic imine (C=N–C) groups is 1. The lowest BCUT2D eigenvalue weighted by molar-refractivity contribution is -0.115. The van der Waals surface area contributed by atoms with Gasteiger partial charge in [0.15, 0.2) is 5.17 Å². The van der Waals surface area contributed by atoms with Gasteiger partial charge in [0.1, 0.15) is 0 Å². The first-order chi connectivity index (χ1) is 14.5. The molecule has 2 heterocycles. The number of carboxylic acid groups (broad SMARTS) is 1. The minimum atomic E-state index is -0.992. The van der Waals surface area contributed by atoms with Gasteiger partial charge in [0.25, 0.3) is 5.91 Å². The predicted molar refractivity (Wildman–Crippen MR) is 121 cm³/mol. The van der Waals surface area contributed by atoms with Gasteiger partial charge in [0.2, 0.25) is 0 Å². The van der Waals surface area contributed by atoms with Crippen LogP contribution >= 0.6 is 11.8 Å². The summed E-state index contributed by atoms with van der Waals surface area (Å²) in [5, 5.41) is 13.3. The highest BCUT2D eigenvalue weighted by atomic mass is 32.2. The van der Waals surface area contributed by atoms with Crippen molar-refractivity contribution in [3.05, 3.63) is 82.9 Å². The van der Waals surface area contributed by atoms with Crippen LogP contribution in [0.2, 0.25) is 0 Å². The maximum atomic E-state index is 12.5. The van der Waals surface area contributed by atoms with Crippen LogP contribution in [0.1, 0.15) is 21.6 Å². The van der Waals surface area contributed by atoms with Crippen LogP contribution < -0.4 is 5.32 Å². The standard InChI is InChI=1S/C23H19N3O3S/c1-3-12-26-14(2)18(17-6-4-5-7-19(17)26)13-20-21(27)25-23(30-20)24-16-10-8-15(9-11-16)22(28)29/h3-11,13H,1,12H2,2H3,(H,28,29)(H,24,25,27)/b20-13-. The largest absolute Gasteiger partial charge is 0.478 e. The van der Waals surface area contributed by atoms with Crippen LogP contribution in [0, 0.1) is 6.92 Å². The average molecular weight is 417 g/mol. The van der Waals surface area contributed by atoms with E-state index in [9.17, 15) is 9.59 Å². The normalized spacial score (nSPS) is 16.4. The summed E-state index contributed by atoms with van der Waals surface area (Å²) in [7, 11) is 0. The number of benzene rings is 2. The van der Waals surface area contributed by atoms with Crippen molar-refractivity contribution < 1.29 is 14.7 Å². The Morgan fingerprint density at radius 1 is 1.23 bits per heavy atom. The van der Waals surface area contributed by atoms with Crippen molar-refractivity contribution in [2.24, 2.45) is 4.99 Å². The number of nitrogens with zero attached hydrogens (tertiary/aromatic N) is 2. The Balaban J connectivity index is 1.67. The number of aromatic nitrogens is 1. The molecule has 0 saturated carbocycles. The summed E-state index contributed by atoms with van der Waals surface area (Å²) >= 11 is 1.26. The second kappa shape index (κ2) is 8.04. The maximum Gasteiger partial charge on any atom is 0.335 e. The third-order valence-electron chi connectivity index (χ3n) is 4.86. The summed E-state index contributed by atoms with van der Waals surface area (Å²) in [4.78, 5) is 28.5. The van der Waals surface area contributed by atoms with Crippen LogP contribution in [-0.4, -0.2) is 26.7 Å². The van der Waals surface area contributed by atoms with E-state index < -0.39 is 5.97 Å². The number of hydrogen-bond acceptors (Lipinski definition) is 4. The molecule has 1 saturated heterocycles. The van der Waals surface area contributed by atoms with Crippen LogP contribution in [-0.2, 0) is 11.3 Å². The summed E-state index contributed by atoms with van der Waals surface area (Å²) in [6, 6.07) is 14.3. The fourth-order valence-electron chi connectivity index (χ4n) is 3.41. The lowest BCUT2D eigenvalue weighted by Gasteiger charge is -2.04. The Bertz CT molecular complexity index is 1240. The van der Waals surface area contributed by atoms with Gasteiger partial charge in [-0.15, -0.1) is 6.58 Å². The summed E-state index contributed by atoms with van der Waals surface area (Å²) in [5.74, 6) is -1.20. The van der Waals surface area contributed by atoms with Crippen LogP contribution in [0.3, 0.4) is 0 Å². The molecule has 0 atom stereocenters. The highest BCUT2D eigenvalue weighted by molar-refractivity contribution is 8.18. The average Bonchev–Trinajstić information content (AvgIpc) is 3.21. The lowest BCUT2D eigenvalue weighted by atomic mass is 10.1. The molecule has 0 aliphatic carbocycles. The molecule has 4 rings (SSSR count). The fourth-order valence-corrected chi connectivity index (χ4v) is 4.24. The minimum absolute atomic E-state index is 0.189. The number of amides is 1. The second-order valence-corrected chi connectivity index (χ2v) is 7.78. The second-order valence-electron chi connectivity index (χ2n) is 6.75. The Kier molecular flexibility index (Phi) is 5.29. The molecule has 1 fully saturated rings. The number of allylic oxidation sites excluding steroid dienone is 1. The van der Waals surface area contributed by atoms with E-state index >= 15 is 0 Å². The third kappa shape index (κ3) is 3.67. The molecule has 30 heavy (non-hydrogen) atoms. The number of aromatic carboxylic acids is 1. The highest BCUT2D eigenvalue weighted by Gasteiger charge is 2.25. The van der Waals surface area contributed by atoms with Crippen molar-refractivity contribution in [3.8, 4) is 0 Å². The van der Waals surface area contributed by atoms with Gasteiger partial charge in [-0.2, -0.15) is 0 Å². The first-order valence-corrected chi connectivity index (χ1v) is 10.1. The number of fused-ring (bicyclic) bond motifs is 1. The number of rotatable bonds is 5. The topological polar surface area (TPSA) is 83.7 Å². The van der Waals surface area contributed by atoms with Gasteiger partial charge < -0.3 is 15.0 Å². The van der Waals surface area contributed by atoms with E-state index in [4.69, 9.17) is 5.11 Å². The summed E-state index contributed by atoms with van der Waals surface area (Å²) in [6.45, 7) is 6.56. The van der Waals surface area contributed by atoms with E-state index in [1.807, 2.05) is 37.3 Å². The first-order valence-electron chi connectivity index (χ1n) is 9.29. The molecule has 2 N–H and O–H groups in total. The van der Waals surface area contributed by atoms with E-state index in [1.54, 1.807) is 12.1 Å². The number of carbonyl (C=O) groups excluding carboxylic acids is 1. The molecule has 0 bridgehead atoms. The van der Waals surface area contributed by atoms with Gasteiger partial charge >= 0.3 is 5.97 Å². The minimum Gasteiger partial charge on any atom is -0.478 e. The molecule has 1 aliphatic heterocycles. The van der Waals surface area contributed by atoms with Gasteiger partial charge in [-0.25, -0.2) is 9.79 Å². The Morgan fingerprint density at radius 3 is 2.67 bits per heavy atom. The molecule has 2 aromatic carbocycles. The van der Waals surface area contributed by atoms with E-state index in [2.05, 4.69) is 27.5 Å². The maximum absolute atomic E-state index is 12.5. The number of hydrogen-bond donors (Lipinski definition) is 2. The van der Waals surface area contributed by atoms with E-state index in [-0.39, 0.29) is 11.5 Å². The van der Waals surface area contributed by atoms with Gasteiger partial charge in [-0.3, -0.25) is 4.79 Å². The van der Waals surface area contributed by atoms with Crippen LogP contribution in [0.25, 0.3) is 17.0 Å². The monoisotopic (exact) mass is 417 g/mol. The molecule has 1 amide bonds. The Labute approximate surface area is 177 Å². The van der Waals surface area contributed by atoms with Crippen molar-refractivity contribution >= 4 is 51.5 Å². The Morgan fingerprint density at radius 2 is 1.97 bits per heavy atom. The van der Waals surface area contributed by atoms with Gasteiger partial charge in [-0.05, 0) is 55.1 Å². The number of nitrogens with one attached hydrogen (secondary N) is 1. The van der Waals surface area contributed by atoms with Crippen LogP contribution in [0.4, 0.5) is 5.69 Å². The van der Waals surface area contributed by atoms with Crippen molar-refractivity contribution in [1.82, 2.24) is 9.88 Å². The number of para-hydroxylation sites is 1. The van der Waals surface area contributed by atoms with E-state index in [0.717, 1.165) is 22.2 Å². The third-order valence-corrected chi connectivity index (χ3v) is 5.77. The SMILES string of the molecule is C=CCn1c(C)c(/C=C2\SC(=Nc3ccc(C(=O)O)cc3)NC2=O)c2ccccc21. The summed E-state index contributed by atoms with van der Waals surface area (Å²) in [6.07, 6.45) is 3.75. The number of amidine groups is 1. The lowest BCUT2D eigenvalue weighted by Crippen LogP contribution is -2.19. The molecule has 0 spiro atoms. The van der Waals surface area contributed by atoms with E-state index in [1.165, 1.54) is 23.9 Å². The fraction of sp³-hybridized carbons (Fsp3) is 0.0870. The highest BCUT2D eigenvalue weighted by Crippen LogP contribution is 2.33. The molecule has 1 aliphatic rings. The van der Waals surface area contributed by atoms with Gasteiger partial charge in [0.05, 0.1) is 16.2 Å². The molecular formula is C23H19N3O3S. The quantitative estimate of drug-likeness (QED) is 0.465. The number of thioether (sulfide) groups is 1. The van der Waals surface area contributed by atoms with Crippen molar-refractivity contribution in [1.29, 1.82) is 0 Å². The van der Waals surface area contributed by atoms with Crippen molar-refractivity contribution in [3.63, 3.8) is 0 Å². The molecule has 0 unspecified atom stereocenters. The molecule has 6 nitrogen and oxygen atoms in total. The number of carbonyl (C=O) groups is 2. The van der Waals surface area contributed by atoms with Crippen molar-refractivity contribution in [2.75, 3.05) is 0 Å². The van der Waals surface area contributed by atoms with Crippen molar-refractivity contribution in [2.45, 2.75) is 13.5 Å². The van der Waals surface area contributed by atoms with E-state index in [0.29, 0.717) is 22.3 Å². The zero-order chi connectivity index (χ0) is 21.3. The molecule has 0 radical (unpaired) electrons. The molecule has 1 aromatic heterocycles. The smallest absolute Gasteiger partial charge is 0.335 e. The molecule has 7 heteroatoms. The Hall–Kier alpha value is -3.58. The van der Waals surface area contributed by atoms with Crippen LogP contribution in [0.5, 0.6) is 0 Å². The number of carboxylic acids is 1. The molecular weight excluding hydrogens is 398 g/mol. The van der Waals surface area contributed by atoms with Crippen LogP contribution in [0.15, 0.2) is 71.1 Å². The zero-order valence-corrected chi connectivity index (χ0v) is 17.1. The molecule has 3 aromatic rings. The van der Waals surface area contributed by atoms with Gasteiger partial charge in [0, 0.05) is 28.7 Å². The first kappa shape index (κ1) is 19.7. The summed E-state index contributed by atoms with van der Waals surface area (Å²) in [5.41, 5.74) is 3.92. The predicted octanol–water partition coefficient (Wildman–Crippen LogP) is 4.73. The summed E-state index contributed by atoms with van der Waals surface area (Å²) < 4.78 is 2.17. The van der Waals surface area contributed by atoms with Gasteiger partial charge in [-0.1, -0.05) is 24.3 Å².